The Kier molecular flexibility index (Phi) is 5.19. The lowest BCUT2D eigenvalue weighted by Crippen LogP contribution is -2.05. The van der Waals surface area contributed by atoms with E-state index in [1.807, 2.05) is 11.4 Å². The van der Waals surface area contributed by atoms with Gasteiger partial charge in [0.25, 0.3) is 0 Å². The van der Waals surface area contributed by atoms with E-state index < -0.39 is 5.97 Å². The highest BCUT2D eigenvalue weighted by molar-refractivity contribution is 9.13. The minimum absolute atomic E-state index is 0.00287. The molecule has 0 radical (unpaired) electrons. The van der Waals surface area contributed by atoms with Crippen LogP contribution >= 0.6 is 43.2 Å². The lowest BCUT2D eigenvalue weighted by Gasteiger charge is -1.98. The molecule has 1 aromatic rings. The Labute approximate surface area is 114 Å². The number of esters is 1. The summed E-state index contributed by atoms with van der Waals surface area (Å²) in [5.41, 5.74) is -0.00287. The van der Waals surface area contributed by atoms with Crippen molar-refractivity contribution < 1.29 is 9.53 Å². The predicted molar refractivity (Wildman–Crippen MR) is 69.9 cm³/mol. The van der Waals surface area contributed by atoms with Gasteiger partial charge in [-0.15, -0.1) is 11.3 Å². The van der Waals surface area contributed by atoms with Crippen molar-refractivity contribution in [3.63, 3.8) is 0 Å². The van der Waals surface area contributed by atoms with Gasteiger partial charge < -0.3 is 4.74 Å². The topological polar surface area (TPSA) is 50.1 Å². The van der Waals surface area contributed by atoms with E-state index in [1.54, 1.807) is 6.92 Å². The van der Waals surface area contributed by atoms with Crippen LogP contribution < -0.4 is 0 Å². The lowest BCUT2D eigenvalue weighted by molar-refractivity contribution is -0.137. The van der Waals surface area contributed by atoms with Crippen LogP contribution in [-0.2, 0) is 9.53 Å². The van der Waals surface area contributed by atoms with E-state index in [-0.39, 0.29) is 12.2 Å². The normalized spacial score (nSPS) is 11.0. The van der Waals surface area contributed by atoms with Gasteiger partial charge in [-0.25, -0.2) is 4.79 Å². The molecule has 0 N–H and O–H groups in total. The summed E-state index contributed by atoms with van der Waals surface area (Å²) in [6.45, 7) is 1.96. The molecule has 0 amide bonds. The number of rotatable bonds is 3. The SMILES string of the molecule is CCOC(=O)/C(C#N)=C\c1scc(Br)c1Br. The standard InChI is InChI=1S/C10H7Br2NO2S/c1-2-15-10(14)6(4-13)3-8-9(12)7(11)5-16-8/h3,5H,2H2,1H3/b6-3-. The Morgan fingerprint density at radius 2 is 2.38 bits per heavy atom. The van der Waals surface area contributed by atoms with Gasteiger partial charge in [0.2, 0.25) is 0 Å². The minimum Gasteiger partial charge on any atom is -0.462 e. The van der Waals surface area contributed by atoms with Gasteiger partial charge in [-0.2, -0.15) is 5.26 Å². The van der Waals surface area contributed by atoms with Crippen molar-refractivity contribution in [2.24, 2.45) is 0 Å². The highest BCUT2D eigenvalue weighted by atomic mass is 79.9. The van der Waals surface area contributed by atoms with Crippen LogP contribution in [0.4, 0.5) is 0 Å². The van der Waals surface area contributed by atoms with E-state index in [1.165, 1.54) is 17.4 Å². The minimum atomic E-state index is -0.596. The maximum Gasteiger partial charge on any atom is 0.348 e. The van der Waals surface area contributed by atoms with Crippen LogP contribution in [-0.4, -0.2) is 12.6 Å². The molecule has 1 rings (SSSR count). The van der Waals surface area contributed by atoms with E-state index >= 15 is 0 Å². The number of thiophene rings is 1. The van der Waals surface area contributed by atoms with Crippen molar-refractivity contribution in [3.05, 3.63) is 24.8 Å². The average Bonchev–Trinajstić information content (AvgIpc) is 2.57. The first kappa shape index (κ1) is 13.4. The van der Waals surface area contributed by atoms with Gasteiger partial charge in [0.15, 0.2) is 0 Å². The van der Waals surface area contributed by atoms with E-state index in [2.05, 4.69) is 31.9 Å². The largest absolute Gasteiger partial charge is 0.462 e. The summed E-state index contributed by atoms with van der Waals surface area (Å²) in [5.74, 6) is -0.596. The van der Waals surface area contributed by atoms with Crippen molar-refractivity contribution in [2.75, 3.05) is 6.61 Å². The molecule has 0 spiro atoms. The predicted octanol–water partition coefficient (Wildman–Crippen LogP) is 3.74. The molecular weight excluding hydrogens is 358 g/mol. The van der Waals surface area contributed by atoms with Crippen LogP contribution in [0.1, 0.15) is 11.8 Å². The second kappa shape index (κ2) is 6.18. The van der Waals surface area contributed by atoms with Gasteiger partial charge in [0.1, 0.15) is 11.6 Å². The molecule has 3 nitrogen and oxygen atoms in total. The number of nitriles is 1. The van der Waals surface area contributed by atoms with Crippen molar-refractivity contribution in [1.82, 2.24) is 0 Å². The van der Waals surface area contributed by atoms with Crippen LogP contribution in [0.15, 0.2) is 19.9 Å². The number of hydrogen-bond acceptors (Lipinski definition) is 4. The zero-order chi connectivity index (χ0) is 12.1. The van der Waals surface area contributed by atoms with Crippen molar-refractivity contribution >= 4 is 55.2 Å². The molecule has 0 unspecified atom stereocenters. The molecule has 0 saturated carbocycles. The fourth-order valence-electron chi connectivity index (χ4n) is 0.911. The first-order valence-corrected chi connectivity index (χ1v) is 6.78. The van der Waals surface area contributed by atoms with Crippen LogP contribution in [0.25, 0.3) is 6.08 Å². The van der Waals surface area contributed by atoms with E-state index in [4.69, 9.17) is 10.00 Å². The molecule has 84 valence electrons. The number of nitrogens with zero attached hydrogens (tertiary/aromatic N) is 1. The molecule has 0 aliphatic carbocycles. The summed E-state index contributed by atoms with van der Waals surface area (Å²) in [7, 11) is 0. The molecule has 6 heteroatoms. The quantitative estimate of drug-likeness (QED) is 0.466. The van der Waals surface area contributed by atoms with E-state index in [0.717, 1.165) is 13.8 Å². The maximum absolute atomic E-state index is 11.4. The molecule has 0 aromatic carbocycles. The second-order valence-electron chi connectivity index (χ2n) is 2.65. The van der Waals surface area contributed by atoms with Gasteiger partial charge in [-0.1, -0.05) is 0 Å². The van der Waals surface area contributed by atoms with Crippen molar-refractivity contribution in [2.45, 2.75) is 6.92 Å². The third-order valence-corrected chi connectivity index (χ3v) is 5.11. The molecule has 0 fully saturated rings. The number of halogens is 2. The van der Waals surface area contributed by atoms with Crippen molar-refractivity contribution in [3.8, 4) is 6.07 Å². The summed E-state index contributed by atoms with van der Waals surface area (Å²) in [5, 5.41) is 10.7. The Balaban J connectivity index is 3.02. The summed E-state index contributed by atoms with van der Waals surface area (Å²) in [6.07, 6.45) is 1.51. The maximum atomic E-state index is 11.4. The van der Waals surface area contributed by atoms with Gasteiger partial charge in [-0.3, -0.25) is 0 Å². The van der Waals surface area contributed by atoms with Gasteiger partial charge in [0, 0.05) is 19.2 Å². The molecule has 0 aliphatic rings. The summed E-state index contributed by atoms with van der Waals surface area (Å²) in [4.78, 5) is 12.2. The smallest absolute Gasteiger partial charge is 0.348 e. The molecule has 1 heterocycles. The van der Waals surface area contributed by atoms with Crippen LogP contribution in [0.3, 0.4) is 0 Å². The number of ether oxygens (including phenoxy) is 1. The molecule has 0 atom stereocenters. The second-order valence-corrected chi connectivity index (χ2v) is 5.21. The van der Waals surface area contributed by atoms with Crippen LogP contribution in [0.2, 0.25) is 0 Å². The van der Waals surface area contributed by atoms with E-state index in [0.29, 0.717) is 0 Å². The third-order valence-electron chi connectivity index (χ3n) is 1.61. The zero-order valence-electron chi connectivity index (χ0n) is 8.29. The first-order valence-electron chi connectivity index (χ1n) is 4.31. The molecule has 16 heavy (non-hydrogen) atoms. The summed E-state index contributed by atoms with van der Waals surface area (Å²) < 4.78 is 6.48. The van der Waals surface area contributed by atoms with Crippen molar-refractivity contribution in [1.29, 1.82) is 5.26 Å². The Hall–Kier alpha value is -0.640. The third kappa shape index (κ3) is 3.17. The number of carbonyl (C=O) groups is 1. The molecule has 0 saturated heterocycles. The highest BCUT2D eigenvalue weighted by Gasteiger charge is 2.12. The molecule has 0 bridgehead atoms. The molecule has 0 aliphatic heterocycles. The average molecular weight is 365 g/mol. The fourth-order valence-corrected chi connectivity index (χ4v) is 2.94. The monoisotopic (exact) mass is 363 g/mol. The summed E-state index contributed by atoms with van der Waals surface area (Å²) in [6, 6.07) is 1.83. The number of carbonyl (C=O) groups excluding carboxylic acids is 1. The first-order chi connectivity index (χ1) is 7.60. The zero-order valence-corrected chi connectivity index (χ0v) is 12.3. The lowest BCUT2D eigenvalue weighted by atomic mass is 10.2. The van der Waals surface area contributed by atoms with Crippen LogP contribution in [0, 0.1) is 11.3 Å². The van der Waals surface area contributed by atoms with Gasteiger partial charge in [-0.05, 0) is 44.9 Å². The van der Waals surface area contributed by atoms with Gasteiger partial charge in [0.05, 0.1) is 6.61 Å². The Morgan fingerprint density at radius 1 is 1.69 bits per heavy atom. The molecule has 1 aromatic heterocycles. The highest BCUT2D eigenvalue weighted by Crippen LogP contribution is 2.34. The Bertz CT molecular complexity index is 474. The van der Waals surface area contributed by atoms with Gasteiger partial charge >= 0.3 is 5.97 Å². The molecular formula is C10H7Br2NO2S. The number of hydrogen-bond donors (Lipinski definition) is 0. The Morgan fingerprint density at radius 3 is 2.81 bits per heavy atom. The fraction of sp³-hybridized carbons (Fsp3) is 0.200. The van der Waals surface area contributed by atoms with Crippen LogP contribution in [0.5, 0.6) is 0 Å². The van der Waals surface area contributed by atoms with E-state index in [9.17, 15) is 4.79 Å². The summed E-state index contributed by atoms with van der Waals surface area (Å²) >= 11 is 8.11.